The van der Waals surface area contributed by atoms with E-state index in [9.17, 15) is 4.79 Å². The largest absolute Gasteiger partial charge is 0.480 e. The van der Waals surface area contributed by atoms with Crippen molar-refractivity contribution in [2.45, 2.75) is 19.0 Å². The van der Waals surface area contributed by atoms with Crippen LogP contribution < -0.4 is 11.1 Å². The lowest BCUT2D eigenvalue weighted by molar-refractivity contribution is -0.138. The van der Waals surface area contributed by atoms with Crippen molar-refractivity contribution in [2.24, 2.45) is 5.73 Å². The van der Waals surface area contributed by atoms with Crippen LogP contribution in [0.5, 0.6) is 0 Å². The van der Waals surface area contributed by atoms with Crippen molar-refractivity contribution in [3.8, 4) is 0 Å². The van der Waals surface area contributed by atoms with Crippen LogP contribution in [0.4, 0.5) is 5.13 Å². The summed E-state index contributed by atoms with van der Waals surface area (Å²) in [5, 5.41) is 16.4. The minimum Gasteiger partial charge on any atom is -0.480 e. The summed E-state index contributed by atoms with van der Waals surface area (Å²) >= 11 is 3.02. The van der Waals surface area contributed by atoms with E-state index in [2.05, 4.69) is 10.3 Å². The van der Waals surface area contributed by atoms with E-state index in [1.807, 2.05) is 24.4 Å². The maximum atomic E-state index is 10.7. The molecule has 7 heteroatoms. The Bertz CT molecular complexity index is 524. The molecule has 0 saturated carbocycles. The molecule has 0 radical (unpaired) electrons. The van der Waals surface area contributed by atoms with Crippen LogP contribution in [-0.2, 0) is 4.79 Å². The van der Waals surface area contributed by atoms with Gasteiger partial charge in [-0.2, -0.15) is 0 Å². The lowest BCUT2D eigenvalue weighted by atomic mass is 10.2. The molecule has 0 fully saturated rings. The van der Waals surface area contributed by atoms with E-state index in [1.165, 1.54) is 16.2 Å². The molecule has 2 heterocycles. The van der Waals surface area contributed by atoms with Crippen LogP contribution in [0.3, 0.4) is 0 Å². The quantitative estimate of drug-likeness (QED) is 0.784. The Kier molecular flexibility index (Phi) is 3.95. The predicted octanol–water partition coefficient (Wildman–Crippen LogP) is 2.46. The number of nitrogens with two attached hydrogens (primary N) is 1. The van der Waals surface area contributed by atoms with Gasteiger partial charge in [-0.25, -0.2) is 4.98 Å². The summed E-state index contributed by atoms with van der Waals surface area (Å²) in [6.07, 6.45) is 0. The van der Waals surface area contributed by atoms with Crippen LogP contribution in [0.1, 0.15) is 29.6 Å². The normalized spacial score (nSPS) is 14.1. The summed E-state index contributed by atoms with van der Waals surface area (Å²) in [5.74, 6) is -1.07. The van der Waals surface area contributed by atoms with Crippen LogP contribution in [0.15, 0.2) is 22.9 Å². The van der Waals surface area contributed by atoms with Crippen molar-refractivity contribution in [3.05, 3.63) is 33.5 Å². The average Bonchev–Trinajstić information content (AvgIpc) is 2.98. The Morgan fingerprint density at radius 2 is 2.33 bits per heavy atom. The van der Waals surface area contributed by atoms with E-state index in [1.54, 1.807) is 16.7 Å². The molecule has 2 aromatic rings. The summed E-state index contributed by atoms with van der Waals surface area (Å²) in [6, 6.07) is 3.12. The highest BCUT2D eigenvalue weighted by molar-refractivity contribution is 7.13. The van der Waals surface area contributed by atoms with E-state index < -0.39 is 12.0 Å². The van der Waals surface area contributed by atoms with Crippen LogP contribution in [-0.4, -0.2) is 16.1 Å². The SMILES string of the molecule is CC(Nc1nc(C(N)C(=O)O)cs1)c1cccs1. The minimum absolute atomic E-state index is 0.144. The monoisotopic (exact) mass is 283 g/mol. The highest BCUT2D eigenvalue weighted by Crippen LogP contribution is 2.26. The number of anilines is 1. The predicted molar refractivity (Wildman–Crippen MR) is 73.0 cm³/mol. The lowest BCUT2D eigenvalue weighted by Crippen LogP contribution is -2.21. The van der Waals surface area contributed by atoms with Gasteiger partial charge in [0.15, 0.2) is 5.13 Å². The van der Waals surface area contributed by atoms with E-state index in [-0.39, 0.29) is 6.04 Å². The van der Waals surface area contributed by atoms with E-state index in [0.717, 1.165) is 0 Å². The van der Waals surface area contributed by atoms with Gasteiger partial charge in [0, 0.05) is 10.3 Å². The molecule has 0 aliphatic rings. The summed E-state index contributed by atoms with van der Waals surface area (Å²) in [5.41, 5.74) is 5.88. The molecule has 2 atom stereocenters. The molecule has 18 heavy (non-hydrogen) atoms. The maximum Gasteiger partial charge on any atom is 0.326 e. The lowest BCUT2D eigenvalue weighted by Gasteiger charge is -2.10. The second-order valence-corrected chi connectivity index (χ2v) is 5.61. The fourth-order valence-corrected chi connectivity index (χ4v) is 2.98. The molecule has 0 bridgehead atoms. The van der Waals surface area contributed by atoms with Crippen LogP contribution in [0.25, 0.3) is 0 Å². The third-order valence-electron chi connectivity index (χ3n) is 2.42. The maximum absolute atomic E-state index is 10.7. The number of aromatic nitrogens is 1. The third kappa shape index (κ3) is 2.87. The second kappa shape index (κ2) is 5.47. The first-order chi connectivity index (χ1) is 8.58. The number of hydrogen-bond donors (Lipinski definition) is 3. The molecule has 0 aliphatic heterocycles. The topological polar surface area (TPSA) is 88.2 Å². The van der Waals surface area contributed by atoms with Crippen molar-refractivity contribution >= 4 is 33.8 Å². The molecule has 4 N–H and O–H groups in total. The fraction of sp³-hybridized carbons (Fsp3) is 0.273. The second-order valence-electron chi connectivity index (χ2n) is 3.77. The molecular formula is C11H13N3O2S2. The van der Waals surface area contributed by atoms with Gasteiger partial charge in [0.25, 0.3) is 0 Å². The van der Waals surface area contributed by atoms with Gasteiger partial charge in [-0.05, 0) is 18.4 Å². The van der Waals surface area contributed by atoms with E-state index >= 15 is 0 Å². The van der Waals surface area contributed by atoms with Crippen molar-refractivity contribution in [3.63, 3.8) is 0 Å². The molecule has 2 rings (SSSR count). The summed E-state index contributed by atoms with van der Waals surface area (Å²) in [7, 11) is 0. The molecule has 5 nitrogen and oxygen atoms in total. The molecule has 0 aliphatic carbocycles. The first-order valence-electron chi connectivity index (χ1n) is 5.31. The van der Waals surface area contributed by atoms with Gasteiger partial charge in [0.1, 0.15) is 6.04 Å². The Hall–Kier alpha value is -1.44. The average molecular weight is 283 g/mol. The number of nitrogens with one attached hydrogen (secondary N) is 1. The van der Waals surface area contributed by atoms with Gasteiger partial charge in [-0.15, -0.1) is 22.7 Å². The molecule has 0 amide bonds. The van der Waals surface area contributed by atoms with E-state index in [4.69, 9.17) is 10.8 Å². The van der Waals surface area contributed by atoms with Crippen LogP contribution in [0.2, 0.25) is 0 Å². The molecule has 2 unspecified atom stereocenters. The number of thiophene rings is 1. The summed E-state index contributed by atoms with van der Waals surface area (Å²) in [4.78, 5) is 16.1. The third-order valence-corrected chi connectivity index (χ3v) is 4.26. The zero-order valence-electron chi connectivity index (χ0n) is 9.66. The first-order valence-corrected chi connectivity index (χ1v) is 7.07. The zero-order valence-corrected chi connectivity index (χ0v) is 11.3. The Balaban J connectivity index is 2.05. The molecule has 0 aromatic carbocycles. The van der Waals surface area contributed by atoms with Crippen molar-refractivity contribution < 1.29 is 9.90 Å². The minimum atomic E-state index is -1.07. The van der Waals surface area contributed by atoms with Gasteiger partial charge >= 0.3 is 5.97 Å². The number of thiazole rings is 1. The number of nitrogens with zero attached hydrogens (tertiary/aromatic N) is 1. The number of hydrogen-bond acceptors (Lipinski definition) is 6. The number of aliphatic carboxylic acids is 1. The summed E-state index contributed by atoms with van der Waals surface area (Å²) in [6.45, 7) is 2.03. The van der Waals surface area contributed by atoms with Gasteiger partial charge in [-0.1, -0.05) is 6.07 Å². The fourth-order valence-electron chi connectivity index (χ4n) is 1.42. The smallest absolute Gasteiger partial charge is 0.326 e. The van der Waals surface area contributed by atoms with Gasteiger partial charge in [0.05, 0.1) is 11.7 Å². The number of carbonyl (C=O) groups is 1. The number of rotatable bonds is 5. The van der Waals surface area contributed by atoms with Gasteiger partial charge in [0.2, 0.25) is 0 Å². The van der Waals surface area contributed by atoms with Crippen molar-refractivity contribution in [2.75, 3.05) is 5.32 Å². The van der Waals surface area contributed by atoms with Gasteiger partial charge in [-0.3, -0.25) is 4.79 Å². The van der Waals surface area contributed by atoms with Crippen LogP contribution >= 0.6 is 22.7 Å². The Labute approximate surface area is 112 Å². The standard InChI is InChI=1S/C11H13N3O2S2/c1-6(8-3-2-4-17-8)13-11-14-7(5-18-11)9(12)10(15)16/h2-6,9H,12H2,1H3,(H,13,14)(H,15,16). The molecule has 96 valence electrons. The number of carboxylic acids is 1. The van der Waals surface area contributed by atoms with Crippen molar-refractivity contribution in [1.29, 1.82) is 0 Å². The van der Waals surface area contributed by atoms with Crippen molar-refractivity contribution in [1.82, 2.24) is 4.98 Å². The molecule has 0 saturated heterocycles. The summed E-state index contributed by atoms with van der Waals surface area (Å²) < 4.78 is 0. The van der Waals surface area contributed by atoms with Crippen LogP contribution in [0, 0.1) is 0 Å². The molecule has 2 aromatic heterocycles. The Morgan fingerprint density at radius 1 is 1.56 bits per heavy atom. The van der Waals surface area contributed by atoms with Gasteiger partial charge < -0.3 is 16.2 Å². The number of carboxylic acid groups (broad SMARTS) is 1. The molecular weight excluding hydrogens is 270 g/mol. The molecule has 0 spiro atoms. The highest BCUT2D eigenvalue weighted by atomic mass is 32.1. The Morgan fingerprint density at radius 3 is 2.94 bits per heavy atom. The first kappa shape index (κ1) is 13.0. The zero-order chi connectivity index (χ0) is 13.1. The highest BCUT2D eigenvalue weighted by Gasteiger charge is 2.18. The van der Waals surface area contributed by atoms with E-state index in [0.29, 0.717) is 10.8 Å².